The van der Waals surface area contributed by atoms with Crippen LogP contribution in [0.5, 0.6) is 0 Å². The summed E-state index contributed by atoms with van der Waals surface area (Å²) in [5, 5.41) is 10.8. The Hall–Kier alpha value is -1.54. The summed E-state index contributed by atoms with van der Waals surface area (Å²) in [6.07, 6.45) is 4.24. The summed E-state index contributed by atoms with van der Waals surface area (Å²) in [4.78, 5) is 37.8. The lowest BCUT2D eigenvalue weighted by molar-refractivity contribution is -0.225. The highest BCUT2D eigenvalue weighted by molar-refractivity contribution is 8.13. The van der Waals surface area contributed by atoms with Gasteiger partial charge in [-0.1, -0.05) is 32.4 Å². The molecule has 182 valence electrons. The molecule has 0 aromatic carbocycles. The van der Waals surface area contributed by atoms with Crippen LogP contribution in [0.1, 0.15) is 59.8 Å². The summed E-state index contributed by atoms with van der Waals surface area (Å²) < 4.78 is 36.4. The number of hydrogen-bond acceptors (Lipinski definition) is 6. The number of carbonyl (C=O) groups is 3. The zero-order chi connectivity index (χ0) is 24.4. The smallest absolute Gasteiger partial charge is 0.306 e. The molecule has 0 radical (unpaired) electrons. The average Bonchev–Trinajstić information content (AvgIpc) is 2.97. The van der Waals surface area contributed by atoms with E-state index in [9.17, 15) is 23.9 Å². The van der Waals surface area contributed by atoms with E-state index < -0.39 is 57.1 Å². The van der Waals surface area contributed by atoms with Crippen molar-refractivity contribution < 1.29 is 33.0 Å². The number of esters is 1. The Labute approximate surface area is 197 Å². The Morgan fingerprint density at radius 3 is 2.64 bits per heavy atom. The number of ketones is 1. The molecule has 0 unspecified atom stereocenters. The van der Waals surface area contributed by atoms with Crippen LogP contribution in [0.3, 0.4) is 0 Å². The Balaban J connectivity index is 1.84. The van der Waals surface area contributed by atoms with Gasteiger partial charge in [0.05, 0.1) is 6.10 Å². The number of rotatable bonds is 4. The van der Waals surface area contributed by atoms with E-state index in [1.54, 1.807) is 33.8 Å². The van der Waals surface area contributed by atoms with E-state index >= 15 is 4.39 Å². The van der Waals surface area contributed by atoms with Crippen LogP contribution in [0.4, 0.5) is 8.78 Å². The number of fused-ring (bicyclic) bond motifs is 5. The zero-order valence-electron chi connectivity index (χ0n) is 19.5. The summed E-state index contributed by atoms with van der Waals surface area (Å²) in [6, 6.07) is -0.957. The van der Waals surface area contributed by atoms with Crippen molar-refractivity contribution >= 4 is 28.6 Å². The molecule has 0 aliphatic heterocycles. The second-order valence-corrected chi connectivity index (χ2v) is 11.4. The fourth-order valence-electron chi connectivity index (χ4n) is 7.63. The highest BCUT2D eigenvalue weighted by Gasteiger charge is 2.77. The maximum Gasteiger partial charge on any atom is 0.306 e. The zero-order valence-corrected chi connectivity index (χ0v) is 20.3. The first-order valence-electron chi connectivity index (χ1n) is 11.7. The Morgan fingerprint density at radius 1 is 1.30 bits per heavy atom. The minimum absolute atomic E-state index is 0.0485. The number of ether oxygens (including phenoxy) is 1. The van der Waals surface area contributed by atoms with Gasteiger partial charge in [-0.25, -0.2) is 8.78 Å². The van der Waals surface area contributed by atoms with Gasteiger partial charge in [0.1, 0.15) is 6.01 Å². The van der Waals surface area contributed by atoms with Gasteiger partial charge in [0.2, 0.25) is 5.12 Å². The molecule has 3 fully saturated rings. The molecule has 0 saturated heterocycles. The summed E-state index contributed by atoms with van der Waals surface area (Å²) in [6.45, 7) is 6.94. The van der Waals surface area contributed by atoms with Crippen LogP contribution in [0, 0.1) is 28.6 Å². The van der Waals surface area contributed by atoms with Crippen LogP contribution in [0.25, 0.3) is 0 Å². The molecule has 0 aromatic rings. The quantitative estimate of drug-likeness (QED) is 0.595. The third-order valence-electron chi connectivity index (χ3n) is 9.23. The van der Waals surface area contributed by atoms with Crippen LogP contribution in [-0.2, 0) is 19.1 Å². The standard InChI is InChI=1S/C25H32F2O5S/c1-5-20(30)32-25(21(31)33-13-26)14(2)10-18-17-7-6-15-11-16(28)8-9-22(15,3)24(17,27)19(29)12-23(18,25)4/h8-9,11,14,17-19,29H,5-7,10,12-13H2,1-4H3/t14-,17+,18+,19+,22+,23+,24+,25+/m1/s1. The van der Waals surface area contributed by atoms with Gasteiger partial charge in [-0.2, -0.15) is 0 Å². The molecule has 4 aliphatic carbocycles. The number of allylic oxidation sites excluding steroid dienone is 4. The maximum atomic E-state index is 17.2. The molecule has 0 aromatic heterocycles. The number of thioether (sulfide) groups is 1. The SMILES string of the molecule is CCC(=O)O[C@]1(C(=O)SCF)[C@H](C)C[C@H]2[C@@H]3CCC4=CC(=O)C=C[C@]4(C)[C@@]3(F)[C@@H](O)C[C@@]21C. The Bertz CT molecular complexity index is 949. The predicted octanol–water partition coefficient (Wildman–Crippen LogP) is 4.48. The highest BCUT2D eigenvalue weighted by Crippen LogP contribution is 2.71. The van der Waals surface area contributed by atoms with Crippen molar-refractivity contribution in [3.05, 3.63) is 23.8 Å². The van der Waals surface area contributed by atoms with Gasteiger partial charge in [-0.15, -0.1) is 0 Å². The van der Waals surface area contributed by atoms with E-state index in [4.69, 9.17) is 4.74 Å². The third kappa shape index (κ3) is 3.01. The molecule has 5 nitrogen and oxygen atoms in total. The average molecular weight is 483 g/mol. The molecule has 0 spiro atoms. The minimum Gasteiger partial charge on any atom is -0.449 e. The largest absolute Gasteiger partial charge is 0.449 e. The van der Waals surface area contributed by atoms with E-state index in [2.05, 4.69) is 0 Å². The van der Waals surface area contributed by atoms with Gasteiger partial charge in [0, 0.05) is 29.1 Å². The van der Waals surface area contributed by atoms with E-state index in [-0.39, 0.29) is 24.5 Å². The Kier molecular flexibility index (Phi) is 5.96. The summed E-state index contributed by atoms with van der Waals surface area (Å²) >= 11 is 0.469. The minimum atomic E-state index is -2.04. The van der Waals surface area contributed by atoms with Gasteiger partial charge in [0.15, 0.2) is 17.1 Å². The van der Waals surface area contributed by atoms with E-state index in [0.717, 1.165) is 0 Å². The van der Waals surface area contributed by atoms with Crippen molar-refractivity contribution in [2.45, 2.75) is 77.2 Å². The first-order valence-corrected chi connectivity index (χ1v) is 12.7. The first-order chi connectivity index (χ1) is 15.4. The van der Waals surface area contributed by atoms with Crippen LogP contribution in [-0.4, -0.2) is 45.4 Å². The van der Waals surface area contributed by atoms with Gasteiger partial charge >= 0.3 is 5.97 Å². The third-order valence-corrected chi connectivity index (χ3v) is 9.91. The monoisotopic (exact) mass is 482 g/mol. The number of carbonyl (C=O) groups excluding carboxylic acids is 3. The molecule has 8 atom stereocenters. The fraction of sp³-hybridized carbons (Fsp3) is 0.720. The van der Waals surface area contributed by atoms with Crippen LogP contribution < -0.4 is 0 Å². The molecule has 4 aliphatic rings. The molecule has 1 N–H and O–H groups in total. The lowest BCUT2D eigenvalue weighted by Gasteiger charge is -2.62. The van der Waals surface area contributed by atoms with Crippen molar-refractivity contribution in [1.82, 2.24) is 0 Å². The lowest BCUT2D eigenvalue weighted by atomic mass is 9.45. The van der Waals surface area contributed by atoms with Crippen LogP contribution in [0.15, 0.2) is 23.8 Å². The van der Waals surface area contributed by atoms with Crippen LogP contribution >= 0.6 is 11.8 Å². The molecule has 3 saturated carbocycles. The molecular weight excluding hydrogens is 450 g/mol. The lowest BCUT2D eigenvalue weighted by Crippen LogP contribution is -2.69. The normalized spacial score (nSPS) is 46.2. The number of aliphatic hydroxyl groups excluding tert-OH is 1. The van der Waals surface area contributed by atoms with Crippen molar-refractivity contribution in [3.8, 4) is 0 Å². The van der Waals surface area contributed by atoms with Gasteiger partial charge < -0.3 is 9.84 Å². The second-order valence-electron chi connectivity index (χ2n) is 10.5. The van der Waals surface area contributed by atoms with E-state index in [1.807, 2.05) is 0 Å². The van der Waals surface area contributed by atoms with Crippen molar-refractivity contribution in [2.24, 2.45) is 28.6 Å². The number of aliphatic hydroxyl groups is 1. The van der Waals surface area contributed by atoms with E-state index in [1.165, 1.54) is 12.2 Å². The Morgan fingerprint density at radius 2 is 2.00 bits per heavy atom. The van der Waals surface area contributed by atoms with Gasteiger partial charge in [-0.3, -0.25) is 14.4 Å². The highest BCUT2D eigenvalue weighted by atomic mass is 32.2. The van der Waals surface area contributed by atoms with Gasteiger partial charge in [-0.05, 0) is 62.4 Å². The number of hydrogen-bond donors (Lipinski definition) is 1. The second kappa shape index (κ2) is 8.01. The van der Waals surface area contributed by atoms with E-state index in [0.29, 0.717) is 36.6 Å². The molecule has 0 amide bonds. The summed E-state index contributed by atoms with van der Waals surface area (Å²) in [5.41, 5.74) is -5.20. The molecule has 4 rings (SSSR count). The molecule has 8 heteroatoms. The number of alkyl halides is 2. The van der Waals surface area contributed by atoms with Crippen LogP contribution in [0.2, 0.25) is 0 Å². The number of halogens is 2. The maximum absolute atomic E-state index is 17.2. The van der Waals surface area contributed by atoms with Crippen molar-refractivity contribution in [3.63, 3.8) is 0 Å². The van der Waals surface area contributed by atoms with Crippen molar-refractivity contribution in [2.75, 3.05) is 6.01 Å². The molecule has 0 bridgehead atoms. The molecular formula is C25H32F2O5S. The summed E-state index contributed by atoms with van der Waals surface area (Å²) in [5.74, 6) is -2.19. The predicted molar refractivity (Wildman–Crippen MR) is 121 cm³/mol. The fourth-order valence-corrected chi connectivity index (χ4v) is 8.42. The van der Waals surface area contributed by atoms with Crippen molar-refractivity contribution in [1.29, 1.82) is 0 Å². The van der Waals surface area contributed by atoms with Gasteiger partial charge in [0.25, 0.3) is 0 Å². The molecule has 0 heterocycles. The topological polar surface area (TPSA) is 80.7 Å². The first kappa shape index (κ1) is 24.6. The molecule has 33 heavy (non-hydrogen) atoms. The summed E-state index contributed by atoms with van der Waals surface area (Å²) in [7, 11) is 0.